The average molecular weight is 405 g/mol. The third-order valence-electron chi connectivity index (χ3n) is 5.57. The summed E-state index contributed by atoms with van der Waals surface area (Å²) in [6, 6.07) is 17.7. The molecule has 0 atom stereocenters. The Kier molecular flexibility index (Phi) is 6.14. The highest BCUT2D eigenvalue weighted by Crippen LogP contribution is 2.27. The number of aliphatic hydroxyl groups is 1. The number of carbonyl (C=O) groups is 1. The Balaban J connectivity index is 1.63. The zero-order valence-electron chi connectivity index (χ0n) is 17.1. The van der Waals surface area contributed by atoms with Crippen LogP contribution in [0.1, 0.15) is 41.6 Å². The molecule has 156 valence electrons. The van der Waals surface area contributed by atoms with E-state index >= 15 is 0 Å². The Hall–Kier alpha value is -3.12. The van der Waals surface area contributed by atoms with Gasteiger partial charge in [-0.1, -0.05) is 42.5 Å². The second-order valence-electron chi connectivity index (χ2n) is 7.79. The van der Waals surface area contributed by atoms with Crippen LogP contribution in [-0.4, -0.2) is 40.0 Å². The molecule has 0 saturated heterocycles. The van der Waals surface area contributed by atoms with Gasteiger partial charge in [0.25, 0.3) is 5.91 Å². The lowest BCUT2D eigenvalue weighted by Crippen LogP contribution is -2.38. The number of aliphatic hydroxyl groups excluding tert-OH is 1. The smallest absolute Gasteiger partial charge is 0.255 e. The fourth-order valence-electron chi connectivity index (χ4n) is 3.91. The average Bonchev–Trinajstić information content (AvgIpc) is 3.20. The van der Waals surface area contributed by atoms with E-state index in [0.29, 0.717) is 17.8 Å². The standard InChI is InChI=1S/C24H27N3O3/c1-30-21-9-5-8-18(14-21)23-22(24(29)25-19-10-12-20(28)13-11-19)16-27(26-23)15-17-6-3-2-4-7-17/h2-9,14,16,19-20,28H,10-13,15H2,1H3,(H,25,29). The van der Waals surface area contributed by atoms with Crippen LogP contribution in [0.15, 0.2) is 60.8 Å². The number of methoxy groups -OCH3 is 1. The lowest BCUT2D eigenvalue weighted by atomic mass is 9.93. The van der Waals surface area contributed by atoms with Gasteiger partial charge in [0.1, 0.15) is 11.4 Å². The van der Waals surface area contributed by atoms with Crippen LogP contribution in [0.4, 0.5) is 0 Å². The van der Waals surface area contributed by atoms with Gasteiger partial charge in [-0.3, -0.25) is 9.48 Å². The molecule has 0 aliphatic heterocycles. The summed E-state index contributed by atoms with van der Waals surface area (Å²) < 4.78 is 7.16. The van der Waals surface area contributed by atoms with Gasteiger partial charge in [0, 0.05) is 17.8 Å². The first-order valence-electron chi connectivity index (χ1n) is 10.4. The Morgan fingerprint density at radius 3 is 2.63 bits per heavy atom. The molecular formula is C24H27N3O3. The largest absolute Gasteiger partial charge is 0.497 e. The molecule has 2 aromatic carbocycles. The lowest BCUT2D eigenvalue weighted by molar-refractivity contribution is 0.0868. The second-order valence-corrected chi connectivity index (χ2v) is 7.79. The van der Waals surface area contributed by atoms with Crippen molar-refractivity contribution in [2.24, 2.45) is 0 Å². The van der Waals surface area contributed by atoms with Crippen molar-refractivity contribution in [2.45, 2.75) is 44.4 Å². The summed E-state index contributed by atoms with van der Waals surface area (Å²) in [5.41, 5.74) is 3.14. The Bertz CT molecular complexity index is 992. The molecule has 1 heterocycles. The summed E-state index contributed by atoms with van der Waals surface area (Å²) in [6.45, 7) is 0.584. The molecule has 1 aliphatic carbocycles. The van der Waals surface area contributed by atoms with E-state index in [-0.39, 0.29) is 18.1 Å². The molecular weight excluding hydrogens is 378 g/mol. The first-order chi connectivity index (χ1) is 14.6. The zero-order chi connectivity index (χ0) is 20.9. The van der Waals surface area contributed by atoms with E-state index in [2.05, 4.69) is 5.32 Å². The van der Waals surface area contributed by atoms with E-state index < -0.39 is 0 Å². The van der Waals surface area contributed by atoms with Gasteiger partial charge in [-0.25, -0.2) is 0 Å². The molecule has 0 radical (unpaired) electrons. The number of ether oxygens (including phenoxy) is 1. The molecule has 0 spiro atoms. The topological polar surface area (TPSA) is 76.4 Å². The molecule has 4 rings (SSSR count). The van der Waals surface area contributed by atoms with Crippen molar-refractivity contribution in [3.63, 3.8) is 0 Å². The maximum atomic E-state index is 13.2. The van der Waals surface area contributed by atoms with Crippen molar-refractivity contribution >= 4 is 5.91 Å². The van der Waals surface area contributed by atoms with Crippen molar-refractivity contribution in [2.75, 3.05) is 7.11 Å². The molecule has 3 aromatic rings. The molecule has 1 fully saturated rings. The molecule has 0 unspecified atom stereocenters. The monoisotopic (exact) mass is 405 g/mol. The molecule has 1 aliphatic rings. The highest BCUT2D eigenvalue weighted by Gasteiger charge is 2.24. The minimum absolute atomic E-state index is 0.0801. The van der Waals surface area contributed by atoms with Gasteiger partial charge < -0.3 is 15.2 Å². The van der Waals surface area contributed by atoms with E-state index in [1.54, 1.807) is 7.11 Å². The maximum absolute atomic E-state index is 13.2. The first kappa shape index (κ1) is 20.2. The van der Waals surface area contributed by atoms with Gasteiger partial charge in [-0.05, 0) is 43.4 Å². The first-order valence-corrected chi connectivity index (χ1v) is 10.4. The van der Waals surface area contributed by atoms with Crippen LogP contribution in [-0.2, 0) is 6.54 Å². The highest BCUT2D eigenvalue weighted by atomic mass is 16.5. The van der Waals surface area contributed by atoms with Crippen LogP contribution < -0.4 is 10.1 Å². The van der Waals surface area contributed by atoms with Gasteiger partial charge in [0.15, 0.2) is 0 Å². The Morgan fingerprint density at radius 1 is 1.13 bits per heavy atom. The summed E-state index contributed by atoms with van der Waals surface area (Å²) in [6.07, 6.45) is 4.59. The van der Waals surface area contributed by atoms with Crippen LogP contribution in [0.2, 0.25) is 0 Å². The van der Waals surface area contributed by atoms with Crippen molar-refractivity contribution in [3.05, 3.63) is 71.9 Å². The number of rotatable bonds is 6. The molecule has 1 aromatic heterocycles. The van der Waals surface area contributed by atoms with E-state index in [9.17, 15) is 9.90 Å². The van der Waals surface area contributed by atoms with Crippen LogP contribution in [0, 0.1) is 0 Å². The predicted octanol–water partition coefficient (Wildman–Crippen LogP) is 3.64. The molecule has 6 nitrogen and oxygen atoms in total. The molecule has 0 bridgehead atoms. The number of aromatic nitrogens is 2. The summed E-state index contributed by atoms with van der Waals surface area (Å²) >= 11 is 0. The number of amides is 1. The Labute approximate surface area is 176 Å². The number of carbonyl (C=O) groups excluding carboxylic acids is 1. The zero-order valence-corrected chi connectivity index (χ0v) is 17.1. The van der Waals surface area contributed by atoms with Gasteiger partial charge in [0.2, 0.25) is 0 Å². The van der Waals surface area contributed by atoms with E-state index in [1.807, 2.05) is 65.5 Å². The number of nitrogens with zero attached hydrogens (tertiary/aromatic N) is 2. The maximum Gasteiger partial charge on any atom is 0.255 e. The van der Waals surface area contributed by atoms with Gasteiger partial charge in [-0.2, -0.15) is 5.10 Å². The molecule has 6 heteroatoms. The molecule has 1 saturated carbocycles. The summed E-state index contributed by atoms with van der Waals surface area (Å²) in [5, 5.41) is 17.6. The van der Waals surface area contributed by atoms with Crippen molar-refractivity contribution in [3.8, 4) is 17.0 Å². The minimum Gasteiger partial charge on any atom is -0.497 e. The van der Waals surface area contributed by atoms with Gasteiger partial charge in [0.05, 0.1) is 25.3 Å². The quantitative estimate of drug-likeness (QED) is 0.656. The molecule has 1 amide bonds. The SMILES string of the molecule is COc1cccc(-c2nn(Cc3ccccc3)cc2C(=O)NC2CCC(O)CC2)c1. The van der Waals surface area contributed by atoms with Crippen LogP contribution in [0.25, 0.3) is 11.3 Å². The van der Waals surface area contributed by atoms with E-state index in [1.165, 1.54) is 0 Å². The third kappa shape index (κ3) is 4.71. The Morgan fingerprint density at radius 2 is 1.90 bits per heavy atom. The second kappa shape index (κ2) is 9.13. The highest BCUT2D eigenvalue weighted by molar-refractivity contribution is 6.00. The predicted molar refractivity (Wildman–Crippen MR) is 115 cm³/mol. The van der Waals surface area contributed by atoms with E-state index in [0.717, 1.165) is 42.6 Å². The third-order valence-corrected chi connectivity index (χ3v) is 5.57. The van der Waals surface area contributed by atoms with Gasteiger partial charge in [-0.15, -0.1) is 0 Å². The summed E-state index contributed by atoms with van der Waals surface area (Å²) in [5.74, 6) is 0.589. The summed E-state index contributed by atoms with van der Waals surface area (Å²) in [7, 11) is 1.62. The lowest BCUT2D eigenvalue weighted by Gasteiger charge is -2.26. The fourth-order valence-corrected chi connectivity index (χ4v) is 3.91. The van der Waals surface area contributed by atoms with Crippen molar-refractivity contribution in [1.82, 2.24) is 15.1 Å². The number of nitrogens with one attached hydrogen (secondary N) is 1. The van der Waals surface area contributed by atoms with E-state index in [4.69, 9.17) is 9.84 Å². The van der Waals surface area contributed by atoms with Crippen molar-refractivity contribution in [1.29, 1.82) is 0 Å². The molecule has 30 heavy (non-hydrogen) atoms. The number of hydrogen-bond acceptors (Lipinski definition) is 4. The molecule has 2 N–H and O–H groups in total. The van der Waals surface area contributed by atoms with Crippen LogP contribution in [0.3, 0.4) is 0 Å². The minimum atomic E-state index is -0.251. The summed E-state index contributed by atoms with van der Waals surface area (Å²) in [4.78, 5) is 13.2. The van der Waals surface area contributed by atoms with Crippen LogP contribution in [0.5, 0.6) is 5.75 Å². The fraction of sp³-hybridized carbons (Fsp3) is 0.333. The van der Waals surface area contributed by atoms with Gasteiger partial charge >= 0.3 is 0 Å². The number of benzene rings is 2. The normalized spacial score (nSPS) is 18.7. The van der Waals surface area contributed by atoms with Crippen molar-refractivity contribution < 1.29 is 14.6 Å². The van der Waals surface area contributed by atoms with Crippen LogP contribution >= 0.6 is 0 Å². The number of hydrogen-bond donors (Lipinski definition) is 2.